The van der Waals surface area contributed by atoms with E-state index in [0.717, 1.165) is 12.1 Å². The van der Waals surface area contributed by atoms with Gasteiger partial charge in [-0.2, -0.15) is 0 Å². The monoisotopic (exact) mass is 263 g/mol. The lowest BCUT2D eigenvalue weighted by molar-refractivity contribution is 0.406. The molecule has 1 saturated heterocycles. The summed E-state index contributed by atoms with van der Waals surface area (Å²) in [5, 5.41) is 0. The number of rotatable bonds is 3. The van der Waals surface area contributed by atoms with Gasteiger partial charge in [0.25, 0.3) is 0 Å². The molecule has 20 heavy (non-hydrogen) atoms. The Labute approximate surface area is 121 Å². The van der Waals surface area contributed by atoms with E-state index >= 15 is 0 Å². The van der Waals surface area contributed by atoms with Crippen molar-refractivity contribution in [1.82, 2.24) is 4.90 Å². The predicted molar refractivity (Wildman–Crippen MR) is 82.6 cm³/mol. The number of fused-ring (bicyclic) bond motifs is 1. The van der Waals surface area contributed by atoms with Crippen LogP contribution in [0.2, 0.25) is 0 Å². The number of nitrogens with zero attached hydrogens (tertiary/aromatic N) is 1. The van der Waals surface area contributed by atoms with E-state index in [-0.39, 0.29) is 0 Å². The molecule has 3 atom stereocenters. The molecule has 2 aliphatic rings. The average molecular weight is 263 g/mol. The summed E-state index contributed by atoms with van der Waals surface area (Å²) in [6, 6.07) is 24.1. The lowest BCUT2D eigenvalue weighted by Gasteiger charge is -2.21. The van der Waals surface area contributed by atoms with Crippen LogP contribution >= 0.6 is 0 Å². The van der Waals surface area contributed by atoms with E-state index in [1.54, 1.807) is 0 Å². The molecule has 102 valence electrons. The number of benzene rings is 2. The Bertz CT molecular complexity index is 511. The van der Waals surface area contributed by atoms with Crippen molar-refractivity contribution in [3.8, 4) is 0 Å². The maximum atomic E-state index is 2.75. The highest BCUT2D eigenvalue weighted by Crippen LogP contribution is 2.48. The Hall–Kier alpha value is -1.60. The second kappa shape index (κ2) is 5.06. The first-order valence-electron chi connectivity index (χ1n) is 7.82. The van der Waals surface area contributed by atoms with Gasteiger partial charge in [-0.15, -0.1) is 0 Å². The molecule has 1 heterocycles. The quantitative estimate of drug-likeness (QED) is 0.742. The molecule has 4 rings (SSSR count). The zero-order valence-electron chi connectivity index (χ0n) is 11.8. The van der Waals surface area contributed by atoms with E-state index in [2.05, 4.69) is 65.6 Å². The second-order valence-electron chi connectivity index (χ2n) is 6.09. The van der Waals surface area contributed by atoms with Crippen molar-refractivity contribution in [2.75, 3.05) is 0 Å². The van der Waals surface area contributed by atoms with E-state index in [1.807, 2.05) is 0 Å². The molecular formula is C19H21N. The Morgan fingerprint density at radius 1 is 0.700 bits per heavy atom. The summed E-state index contributed by atoms with van der Waals surface area (Å²) in [4.78, 5) is 2.75. The third-order valence-corrected chi connectivity index (χ3v) is 4.90. The Kier molecular flexibility index (Phi) is 3.08. The highest BCUT2D eigenvalue weighted by atomic mass is 15.4. The van der Waals surface area contributed by atoms with E-state index in [4.69, 9.17) is 0 Å². The van der Waals surface area contributed by atoms with Crippen LogP contribution in [0, 0.1) is 0 Å². The van der Waals surface area contributed by atoms with Crippen molar-refractivity contribution in [3.63, 3.8) is 0 Å². The molecule has 1 heteroatoms. The lowest BCUT2D eigenvalue weighted by atomic mass is 9.98. The SMILES string of the molecule is c1ccc(C(c2ccccc2)N2[C@@H]3CCCC[C@@H]32)cc1. The molecule has 0 N–H and O–H groups in total. The molecule has 0 amide bonds. The lowest BCUT2D eigenvalue weighted by Crippen LogP contribution is -2.14. The molecule has 2 aromatic rings. The molecule has 1 unspecified atom stereocenters. The van der Waals surface area contributed by atoms with Gasteiger partial charge >= 0.3 is 0 Å². The van der Waals surface area contributed by atoms with Crippen molar-refractivity contribution in [2.45, 2.75) is 43.8 Å². The molecule has 1 aliphatic heterocycles. The van der Waals surface area contributed by atoms with Crippen LogP contribution < -0.4 is 0 Å². The highest BCUT2D eigenvalue weighted by molar-refractivity contribution is 5.34. The fraction of sp³-hybridized carbons (Fsp3) is 0.368. The van der Waals surface area contributed by atoms with Gasteiger partial charge in [0, 0.05) is 12.1 Å². The molecule has 2 aromatic carbocycles. The molecule has 1 saturated carbocycles. The molecule has 0 bridgehead atoms. The van der Waals surface area contributed by atoms with Crippen LogP contribution in [0.25, 0.3) is 0 Å². The van der Waals surface area contributed by atoms with Gasteiger partial charge in [0.2, 0.25) is 0 Å². The summed E-state index contributed by atoms with van der Waals surface area (Å²) in [5.74, 6) is 0. The summed E-state index contributed by atoms with van der Waals surface area (Å²) >= 11 is 0. The summed E-state index contributed by atoms with van der Waals surface area (Å²) < 4.78 is 0. The summed E-state index contributed by atoms with van der Waals surface area (Å²) in [6.45, 7) is 0. The normalized spacial score (nSPS) is 28.1. The summed E-state index contributed by atoms with van der Waals surface area (Å²) in [5.41, 5.74) is 2.88. The van der Waals surface area contributed by atoms with E-state index in [1.165, 1.54) is 36.8 Å². The summed E-state index contributed by atoms with van der Waals surface area (Å²) in [7, 11) is 0. The van der Waals surface area contributed by atoms with Crippen molar-refractivity contribution < 1.29 is 0 Å². The molecule has 0 radical (unpaired) electrons. The molecule has 0 spiro atoms. The van der Waals surface area contributed by atoms with Gasteiger partial charge in [-0.3, -0.25) is 4.90 Å². The van der Waals surface area contributed by atoms with Crippen molar-refractivity contribution >= 4 is 0 Å². The topological polar surface area (TPSA) is 3.01 Å². The minimum atomic E-state index is 0.450. The Morgan fingerprint density at radius 3 is 1.60 bits per heavy atom. The standard InChI is InChI=1S/C19H21N/c1-3-9-15(10-4-1)19(16-11-5-2-6-12-16)20-17-13-7-8-14-18(17)20/h1-6,9-12,17-19H,7-8,13-14H2/t17-,18+,20?. The predicted octanol–water partition coefficient (Wildman–Crippen LogP) is 4.40. The van der Waals surface area contributed by atoms with E-state index in [9.17, 15) is 0 Å². The van der Waals surface area contributed by atoms with Crippen LogP contribution in [-0.4, -0.2) is 17.0 Å². The van der Waals surface area contributed by atoms with Gasteiger partial charge in [0.05, 0.1) is 6.04 Å². The molecule has 1 nitrogen and oxygen atoms in total. The third-order valence-electron chi connectivity index (χ3n) is 4.90. The zero-order valence-corrected chi connectivity index (χ0v) is 11.8. The minimum Gasteiger partial charge on any atom is -0.283 e. The highest BCUT2D eigenvalue weighted by Gasteiger charge is 2.52. The largest absolute Gasteiger partial charge is 0.283 e. The van der Waals surface area contributed by atoms with Gasteiger partial charge in [-0.25, -0.2) is 0 Å². The molecule has 2 fully saturated rings. The zero-order chi connectivity index (χ0) is 13.4. The van der Waals surface area contributed by atoms with Crippen LogP contribution in [0.5, 0.6) is 0 Å². The maximum Gasteiger partial charge on any atom is 0.0608 e. The molecular weight excluding hydrogens is 242 g/mol. The van der Waals surface area contributed by atoms with Crippen LogP contribution in [-0.2, 0) is 0 Å². The van der Waals surface area contributed by atoms with Crippen molar-refractivity contribution in [2.24, 2.45) is 0 Å². The van der Waals surface area contributed by atoms with Crippen LogP contribution in [0.1, 0.15) is 42.9 Å². The first-order chi connectivity index (χ1) is 9.95. The Morgan fingerprint density at radius 2 is 1.15 bits per heavy atom. The number of likely N-dealkylation sites (tertiary alicyclic amines) is 1. The van der Waals surface area contributed by atoms with Crippen LogP contribution in [0.4, 0.5) is 0 Å². The average Bonchev–Trinajstić information content (AvgIpc) is 3.24. The van der Waals surface area contributed by atoms with Crippen molar-refractivity contribution in [3.05, 3.63) is 71.8 Å². The third kappa shape index (κ3) is 2.06. The van der Waals surface area contributed by atoms with Gasteiger partial charge < -0.3 is 0 Å². The van der Waals surface area contributed by atoms with Gasteiger partial charge in [-0.1, -0.05) is 73.5 Å². The fourth-order valence-corrected chi connectivity index (χ4v) is 3.94. The summed E-state index contributed by atoms with van der Waals surface area (Å²) in [6.07, 6.45) is 5.60. The van der Waals surface area contributed by atoms with Crippen LogP contribution in [0.15, 0.2) is 60.7 Å². The fourth-order valence-electron chi connectivity index (χ4n) is 3.94. The smallest absolute Gasteiger partial charge is 0.0608 e. The Balaban J connectivity index is 1.71. The first kappa shape index (κ1) is 12.2. The molecule has 0 aromatic heterocycles. The van der Waals surface area contributed by atoms with Gasteiger partial charge in [0.1, 0.15) is 0 Å². The molecule has 1 aliphatic carbocycles. The van der Waals surface area contributed by atoms with Gasteiger partial charge in [0.15, 0.2) is 0 Å². The maximum absolute atomic E-state index is 2.75. The number of hydrogen-bond acceptors (Lipinski definition) is 1. The minimum absolute atomic E-state index is 0.450. The van der Waals surface area contributed by atoms with Crippen LogP contribution in [0.3, 0.4) is 0 Å². The van der Waals surface area contributed by atoms with E-state index in [0.29, 0.717) is 6.04 Å². The van der Waals surface area contributed by atoms with Crippen molar-refractivity contribution in [1.29, 1.82) is 0 Å². The van der Waals surface area contributed by atoms with Gasteiger partial charge in [-0.05, 0) is 24.0 Å². The first-order valence-corrected chi connectivity index (χ1v) is 7.82. The second-order valence-corrected chi connectivity index (χ2v) is 6.09. The van der Waals surface area contributed by atoms with E-state index < -0.39 is 0 Å². The number of hydrogen-bond donors (Lipinski definition) is 0.